The van der Waals surface area contributed by atoms with Crippen molar-refractivity contribution in [1.82, 2.24) is 5.32 Å². The van der Waals surface area contributed by atoms with E-state index in [1.54, 1.807) is 0 Å². The van der Waals surface area contributed by atoms with Crippen LogP contribution in [0.4, 0.5) is 4.79 Å². The Labute approximate surface area is 109 Å². The predicted octanol–water partition coefficient (Wildman–Crippen LogP) is 2.08. The summed E-state index contributed by atoms with van der Waals surface area (Å²) in [6, 6.07) is 9.73. The zero-order valence-corrected chi connectivity index (χ0v) is 11.3. The van der Waals surface area contributed by atoms with Crippen LogP contribution in [-0.2, 0) is 11.2 Å². The lowest BCUT2D eigenvalue weighted by molar-refractivity contribution is 0.131. The third-order valence-electron chi connectivity index (χ3n) is 2.25. The Hall–Kier alpha value is -1.55. The van der Waals surface area contributed by atoms with Crippen LogP contribution in [0.3, 0.4) is 0 Å². The second-order valence-corrected chi connectivity index (χ2v) is 5.42. The molecule has 0 saturated carbocycles. The summed E-state index contributed by atoms with van der Waals surface area (Å²) in [6.45, 7) is 5.92. The van der Waals surface area contributed by atoms with E-state index >= 15 is 0 Å². The Morgan fingerprint density at radius 1 is 1.33 bits per heavy atom. The van der Waals surface area contributed by atoms with E-state index in [4.69, 9.17) is 10.5 Å². The van der Waals surface area contributed by atoms with Gasteiger partial charge in [0.1, 0.15) is 6.61 Å². The average molecular weight is 250 g/mol. The number of benzene rings is 1. The first-order valence-electron chi connectivity index (χ1n) is 6.11. The zero-order chi connectivity index (χ0) is 13.6. The van der Waals surface area contributed by atoms with Gasteiger partial charge in [-0.05, 0) is 32.8 Å². The Bertz CT molecular complexity index is 371. The number of ether oxygens (including phenoxy) is 1. The van der Waals surface area contributed by atoms with Gasteiger partial charge in [-0.3, -0.25) is 0 Å². The third kappa shape index (κ3) is 6.25. The van der Waals surface area contributed by atoms with Gasteiger partial charge >= 0.3 is 6.09 Å². The van der Waals surface area contributed by atoms with Crippen molar-refractivity contribution in [2.75, 3.05) is 6.61 Å². The first kappa shape index (κ1) is 14.5. The molecule has 0 heterocycles. The molecule has 0 aliphatic heterocycles. The minimum absolute atomic E-state index is 0.182. The quantitative estimate of drug-likeness (QED) is 0.860. The van der Waals surface area contributed by atoms with Crippen LogP contribution in [0.15, 0.2) is 30.3 Å². The molecular formula is C14H22N2O2. The molecule has 0 radical (unpaired) electrons. The summed E-state index contributed by atoms with van der Waals surface area (Å²) < 4.78 is 5.08. The first-order chi connectivity index (χ1) is 8.37. The van der Waals surface area contributed by atoms with Crippen LogP contribution >= 0.6 is 0 Å². The SMILES string of the molecule is CC(C)(C)NC(=O)OC[C@@H](N)Cc1ccccc1. The summed E-state index contributed by atoms with van der Waals surface area (Å²) >= 11 is 0. The molecule has 4 nitrogen and oxygen atoms in total. The Morgan fingerprint density at radius 2 is 1.94 bits per heavy atom. The fourth-order valence-electron chi connectivity index (χ4n) is 1.50. The minimum Gasteiger partial charge on any atom is -0.448 e. The van der Waals surface area contributed by atoms with E-state index in [1.165, 1.54) is 0 Å². The van der Waals surface area contributed by atoms with Crippen molar-refractivity contribution < 1.29 is 9.53 Å². The standard InChI is InChI=1S/C14H22N2O2/c1-14(2,3)16-13(17)18-10-12(15)9-11-7-5-4-6-8-11/h4-8,12H,9-10,15H2,1-3H3,(H,16,17)/t12-/m0/s1. The number of nitrogens with one attached hydrogen (secondary N) is 1. The number of hydrogen-bond donors (Lipinski definition) is 2. The number of rotatable bonds is 4. The Balaban J connectivity index is 2.29. The van der Waals surface area contributed by atoms with Crippen molar-refractivity contribution in [2.24, 2.45) is 5.73 Å². The summed E-state index contributed by atoms with van der Waals surface area (Å²) in [5, 5.41) is 2.72. The van der Waals surface area contributed by atoms with Crippen molar-refractivity contribution in [3.63, 3.8) is 0 Å². The van der Waals surface area contributed by atoms with Gasteiger partial charge in [0.05, 0.1) is 0 Å². The molecule has 0 aromatic heterocycles. The van der Waals surface area contributed by atoms with Crippen LogP contribution < -0.4 is 11.1 Å². The maximum Gasteiger partial charge on any atom is 0.407 e. The van der Waals surface area contributed by atoms with Gasteiger partial charge in [0.25, 0.3) is 0 Å². The van der Waals surface area contributed by atoms with Gasteiger partial charge in [0.2, 0.25) is 0 Å². The van der Waals surface area contributed by atoms with E-state index in [0.29, 0.717) is 6.42 Å². The third-order valence-corrected chi connectivity index (χ3v) is 2.25. The molecule has 0 unspecified atom stereocenters. The smallest absolute Gasteiger partial charge is 0.407 e. The van der Waals surface area contributed by atoms with E-state index in [2.05, 4.69) is 5.32 Å². The predicted molar refractivity (Wildman–Crippen MR) is 72.4 cm³/mol. The molecule has 1 atom stereocenters. The summed E-state index contributed by atoms with van der Waals surface area (Å²) in [5.74, 6) is 0. The van der Waals surface area contributed by atoms with E-state index in [0.717, 1.165) is 5.56 Å². The molecule has 3 N–H and O–H groups in total. The molecule has 0 saturated heterocycles. The zero-order valence-electron chi connectivity index (χ0n) is 11.3. The Kier molecular flexibility index (Phi) is 5.16. The van der Waals surface area contributed by atoms with E-state index in [1.807, 2.05) is 51.1 Å². The fourth-order valence-corrected chi connectivity index (χ4v) is 1.50. The number of carbonyl (C=O) groups excluding carboxylic acids is 1. The summed E-state index contributed by atoms with van der Waals surface area (Å²) in [7, 11) is 0. The van der Waals surface area contributed by atoms with Gasteiger partial charge in [-0.15, -0.1) is 0 Å². The molecule has 18 heavy (non-hydrogen) atoms. The molecule has 100 valence electrons. The maximum absolute atomic E-state index is 11.4. The highest BCUT2D eigenvalue weighted by atomic mass is 16.5. The van der Waals surface area contributed by atoms with Crippen molar-refractivity contribution in [3.8, 4) is 0 Å². The molecule has 0 bridgehead atoms. The normalized spacial score (nSPS) is 12.9. The molecule has 0 fully saturated rings. The van der Waals surface area contributed by atoms with Crippen LogP contribution in [0.25, 0.3) is 0 Å². The first-order valence-corrected chi connectivity index (χ1v) is 6.11. The van der Waals surface area contributed by atoms with Crippen LogP contribution in [0.5, 0.6) is 0 Å². The summed E-state index contributed by atoms with van der Waals surface area (Å²) in [6.07, 6.45) is 0.273. The highest BCUT2D eigenvalue weighted by molar-refractivity contribution is 5.68. The molecule has 0 spiro atoms. The van der Waals surface area contributed by atoms with Gasteiger partial charge in [0, 0.05) is 11.6 Å². The van der Waals surface area contributed by atoms with Crippen molar-refractivity contribution in [3.05, 3.63) is 35.9 Å². The second-order valence-electron chi connectivity index (χ2n) is 5.42. The van der Waals surface area contributed by atoms with Gasteiger partial charge in [-0.25, -0.2) is 4.79 Å². The molecule has 1 rings (SSSR count). The van der Waals surface area contributed by atoms with Gasteiger partial charge in [-0.1, -0.05) is 30.3 Å². The molecule has 1 aromatic rings. The van der Waals surface area contributed by atoms with Gasteiger partial charge < -0.3 is 15.8 Å². The number of nitrogens with two attached hydrogens (primary N) is 1. The van der Waals surface area contributed by atoms with Crippen molar-refractivity contribution >= 4 is 6.09 Å². The number of alkyl carbamates (subject to hydrolysis) is 1. The number of carbonyl (C=O) groups is 1. The summed E-state index contributed by atoms with van der Waals surface area (Å²) in [4.78, 5) is 11.4. The molecule has 0 aliphatic rings. The monoisotopic (exact) mass is 250 g/mol. The molecule has 0 aliphatic carbocycles. The van der Waals surface area contributed by atoms with Crippen molar-refractivity contribution in [1.29, 1.82) is 0 Å². The van der Waals surface area contributed by atoms with E-state index in [-0.39, 0.29) is 18.2 Å². The maximum atomic E-state index is 11.4. The van der Waals surface area contributed by atoms with Crippen LogP contribution in [-0.4, -0.2) is 24.3 Å². The Morgan fingerprint density at radius 3 is 2.50 bits per heavy atom. The highest BCUT2D eigenvalue weighted by Crippen LogP contribution is 2.03. The fraction of sp³-hybridized carbons (Fsp3) is 0.500. The van der Waals surface area contributed by atoms with Crippen LogP contribution in [0.1, 0.15) is 26.3 Å². The average Bonchev–Trinajstić information content (AvgIpc) is 2.25. The number of amides is 1. The highest BCUT2D eigenvalue weighted by Gasteiger charge is 2.15. The minimum atomic E-state index is -0.425. The topological polar surface area (TPSA) is 64.3 Å². The largest absolute Gasteiger partial charge is 0.448 e. The molecular weight excluding hydrogens is 228 g/mol. The van der Waals surface area contributed by atoms with Gasteiger partial charge in [0.15, 0.2) is 0 Å². The van der Waals surface area contributed by atoms with Crippen LogP contribution in [0, 0.1) is 0 Å². The van der Waals surface area contributed by atoms with E-state index in [9.17, 15) is 4.79 Å². The molecule has 1 aromatic carbocycles. The van der Waals surface area contributed by atoms with Gasteiger partial charge in [-0.2, -0.15) is 0 Å². The molecule has 4 heteroatoms. The lowest BCUT2D eigenvalue weighted by atomic mass is 10.1. The lowest BCUT2D eigenvalue weighted by Gasteiger charge is -2.21. The summed E-state index contributed by atoms with van der Waals surface area (Å²) in [5.41, 5.74) is 6.77. The van der Waals surface area contributed by atoms with Crippen LogP contribution in [0.2, 0.25) is 0 Å². The second kappa shape index (κ2) is 6.40. The van der Waals surface area contributed by atoms with Crippen molar-refractivity contribution in [2.45, 2.75) is 38.8 Å². The number of hydrogen-bond acceptors (Lipinski definition) is 3. The molecule has 1 amide bonds. The van der Waals surface area contributed by atoms with E-state index < -0.39 is 6.09 Å². The lowest BCUT2D eigenvalue weighted by Crippen LogP contribution is -2.42.